The average Bonchev–Trinajstić information content (AvgIpc) is 3.44. The zero-order valence-electron chi connectivity index (χ0n) is 15.2. The molecule has 0 bridgehead atoms. The van der Waals surface area contributed by atoms with Gasteiger partial charge in [0.2, 0.25) is 0 Å². The highest BCUT2D eigenvalue weighted by molar-refractivity contribution is 6.33. The third-order valence-corrected chi connectivity index (χ3v) is 7.11. The van der Waals surface area contributed by atoms with E-state index in [1.807, 2.05) is 6.07 Å². The summed E-state index contributed by atoms with van der Waals surface area (Å²) in [5.41, 5.74) is 9.09. The number of anilines is 1. The largest absolute Gasteiger partial charge is 0.382 e. The average molecular weight is 386 g/mol. The summed E-state index contributed by atoms with van der Waals surface area (Å²) >= 11 is 6.18. The molecule has 2 aliphatic carbocycles. The molecule has 3 atom stereocenters. The predicted molar refractivity (Wildman–Crippen MR) is 104 cm³/mol. The SMILES string of the molecule is Nc1ncc(-c2cc(C3[C@H]4CN(C5COC5)C[C@@H]34)n(CC3CC3)n2)cc1Cl. The van der Waals surface area contributed by atoms with Crippen molar-refractivity contribution in [3.8, 4) is 11.3 Å². The fraction of sp³-hybridized carbons (Fsp3) is 0.600. The van der Waals surface area contributed by atoms with E-state index < -0.39 is 0 Å². The molecular weight excluding hydrogens is 362 g/mol. The normalized spacial score (nSPS) is 30.3. The standard InChI is InChI=1S/C20H24ClN5O/c21-16-3-12(5-23-20(16)22)17-4-18(26(24-17)6-11-1-2-11)19-14-7-25(8-15(14)19)13-9-27-10-13/h3-5,11,13-15,19H,1-2,6-10H2,(H2,22,23)/t14-,15+,19?. The molecule has 6 nitrogen and oxygen atoms in total. The van der Waals surface area contributed by atoms with Gasteiger partial charge in [-0.1, -0.05) is 11.6 Å². The van der Waals surface area contributed by atoms with Crippen LogP contribution in [0.1, 0.15) is 24.5 Å². The molecule has 142 valence electrons. The van der Waals surface area contributed by atoms with Gasteiger partial charge >= 0.3 is 0 Å². The molecule has 4 fully saturated rings. The summed E-state index contributed by atoms with van der Waals surface area (Å²) in [5, 5.41) is 5.44. The topological polar surface area (TPSA) is 69.2 Å². The van der Waals surface area contributed by atoms with Gasteiger partial charge in [-0.3, -0.25) is 9.58 Å². The van der Waals surface area contributed by atoms with Gasteiger partial charge in [-0.15, -0.1) is 0 Å². The Hall–Kier alpha value is -1.63. The number of aromatic nitrogens is 3. The quantitative estimate of drug-likeness (QED) is 0.856. The van der Waals surface area contributed by atoms with E-state index in [1.165, 1.54) is 31.6 Å². The summed E-state index contributed by atoms with van der Waals surface area (Å²) < 4.78 is 7.64. The van der Waals surface area contributed by atoms with Crippen LogP contribution in [0.4, 0.5) is 5.82 Å². The van der Waals surface area contributed by atoms with Crippen LogP contribution < -0.4 is 5.73 Å². The summed E-state index contributed by atoms with van der Waals surface area (Å²) in [6, 6.07) is 4.81. The molecule has 2 saturated carbocycles. The fourth-order valence-electron chi connectivity index (χ4n) is 4.85. The number of ether oxygens (including phenoxy) is 1. The number of hydrogen-bond donors (Lipinski definition) is 1. The maximum absolute atomic E-state index is 6.18. The second kappa shape index (κ2) is 5.93. The van der Waals surface area contributed by atoms with Crippen molar-refractivity contribution in [2.24, 2.45) is 17.8 Å². The van der Waals surface area contributed by atoms with Gasteiger partial charge in [0.25, 0.3) is 0 Å². The number of rotatable bonds is 5. The minimum absolute atomic E-state index is 0.370. The van der Waals surface area contributed by atoms with Crippen molar-refractivity contribution in [1.29, 1.82) is 0 Å². The number of nitrogens with zero attached hydrogens (tertiary/aromatic N) is 4. The maximum atomic E-state index is 6.18. The van der Waals surface area contributed by atoms with Crippen molar-refractivity contribution in [2.45, 2.75) is 31.3 Å². The summed E-state index contributed by atoms with van der Waals surface area (Å²) in [6.07, 6.45) is 4.44. The molecule has 1 unspecified atom stereocenters. The van der Waals surface area contributed by atoms with Gasteiger partial charge in [0.15, 0.2) is 0 Å². The number of pyridine rings is 1. The van der Waals surface area contributed by atoms with Crippen LogP contribution in [0.25, 0.3) is 11.3 Å². The van der Waals surface area contributed by atoms with Crippen molar-refractivity contribution in [3.05, 3.63) is 29.0 Å². The molecule has 2 aromatic heterocycles. The Balaban J connectivity index is 1.27. The van der Waals surface area contributed by atoms with E-state index in [1.54, 1.807) is 6.20 Å². The van der Waals surface area contributed by atoms with Crippen LogP contribution in [0.5, 0.6) is 0 Å². The van der Waals surface area contributed by atoms with Gasteiger partial charge in [0.05, 0.1) is 30.0 Å². The summed E-state index contributed by atoms with van der Waals surface area (Å²) in [5.74, 6) is 3.38. The van der Waals surface area contributed by atoms with Gasteiger partial charge in [-0.05, 0) is 42.7 Å². The van der Waals surface area contributed by atoms with Crippen molar-refractivity contribution in [2.75, 3.05) is 32.0 Å². The number of likely N-dealkylation sites (tertiary alicyclic amines) is 1. The van der Waals surface area contributed by atoms with Gasteiger partial charge in [-0.2, -0.15) is 5.10 Å². The Morgan fingerprint density at radius 2 is 1.96 bits per heavy atom. The van der Waals surface area contributed by atoms with Crippen molar-refractivity contribution >= 4 is 17.4 Å². The van der Waals surface area contributed by atoms with E-state index in [0.717, 1.165) is 48.8 Å². The highest BCUT2D eigenvalue weighted by Crippen LogP contribution is 2.59. The number of hydrogen-bond acceptors (Lipinski definition) is 5. The first-order chi connectivity index (χ1) is 13.2. The third kappa shape index (κ3) is 2.77. The zero-order chi connectivity index (χ0) is 18.1. The molecule has 0 radical (unpaired) electrons. The molecule has 2 N–H and O–H groups in total. The second-order valence-electron chi connectivity index (χ2n) is 8.67. The summed E-state index contributed by atoms with van der Waals surface area (Å²) in [4.78, 5) is 6.83. The Morgan fingerprint density at radius 3 is 2.59 bits per heavy atom. The highest BCUT2D eigenvalue weighted by Gasteiger charge is 2.58. The number of fused-ring (bicyclic) bond motifs is 1. The lowest BCUT2D eigenvalue weighted by Crippen LogP contribution is -2.48. The van der Waals surface area contributed by atoms with Crippen molar-refractivity contribution in [1.82, 2.24) is 19.7 Å². The van der Waals surface area contributed by atoms with E-state index >= 15 is 0 Å². The van der Waals surface area contributed by atoms with E-state index in [0.29, 0.717) is 22.8 Å². The Kier molecular flexibility index (Phi) is 3.59. The first-order valence-electron chi connectivity index (χ1n) is 9.98. The molecule has 6 rings (SSSR count). The molecular formula is C20H24ClN5O. The third-order valence-electron chi connectivity index (χ3n) is 6.81. The first kappa shape index (κ1) is 16.3. The highest BCUT2D eigenvalue weighted by atomic mass is 35.5. The minimum Gasteiger partial charge on any atom is -0.382 e. The van der Waals surface area contributed by atoms with Gasteiger partial charge in [0, 0.05) is 43.0 Å². The Labute approximate surface area is 163 Å². The molecule has 2 saturated heterocycles. The van der Waals surface area contributed by atoms with Gasteiger partial charge < -0.3 is 10.5 Å². The van der Waals surface area contributed by atoms with E-state index in [9.17, 15) is 0 Å². The first-order valence-corrected chi connectivity index (χ1v) is 10.4. The number of nitrogen functional groups attached to an aromatic ring is 1. The van der Waals surface area contributed by atoms with Crippen LogP contribution >= 0.6 is 11.6 Å². The van der Waals surface area contributed by atoms with Crippen LogP contribution in [-0.2, 0) is 11.3 Å². The minimum atomic E-state index is 0.370. The molecule has 2 aromatic rings. The Morgan fingerprint density at radius 1 is 1.19 bits per heavy atom. The fourth-order valence-corrected chi connectivity index (χ4v) is 5.02. The zero-order valence-corrected chi connectivity index (χ0v) is 16.0. The number of nitrogens with two attached hydrogens (primary N) is 1. The van der Waals surface area contributed by atoms with E-state index in [2.05, 4.69) is 20.6 Å². The Bertz CT molecular complexity index is 878. The predicted octanol–water partition coefficient (Wildman–Crippen LogP) is 2.63. The monoisotopic (exact) mass is 385 g/mol. The van der Waals surface area contributed by atoms with Gasteiger partial charge in [0.1, 0.15) is 5.82 Å². The lowest BCUT2D eigenvalue weighted by molar-refractivity contribution is -0.0610. The number of piperidine rings is 1. The van der Waals surface area contributed by atoms with Crippen molar-refractivity contribution in [3.63, 3.8) is 0 Å². The van der Waals surface area contributed by atoms with E-state index in [4.69, 9.17) is 27.2 Å². The van der Waals surface area contributed by atoms with Crippen molar-refractivity contribution < 1.29 is 4.74 Å². The molecule has 0 aromatic carbocycles. The van der Waals surface area contributed by atoms with Crippen LogP contribution in [0.2, 0.25) is 5.02 Å². The molecule has 4 aliphatic rings. The van der Waals surface area contributed by atoms with E-state index in [-0.39, 0.29) is 0 Å². The van der Waals surface area contributed by atoms with Crippen LogP contribution in [-0.4, -0.2) is 52.0 Å². The molecule has 7 heteroatoms. The smallest absolute Gasteiger partial charge is 0.142 e. The molecule has 27 heavy (non-hydrogen) atoms. The lowest BCUT2D eigenvalue weighted by Gasteiger charge is -2.35. The molecule has 0 amide bonds. The number of halogens is 1. The molecule has 0 spiro atoms. The summed E-state index contributed by atoms with van der Waals surface area (Å²) in [7, 11) is 0. The van der Waals surface area contributed by atoms with Crippen LogP contribution in [0.3, 0.4) is 0 Å². The molecule has 2 aliphatic heterocycles. The lowest BCUT2D eigenvalue weighted by atomic mass is 10.1. The van der Waals surface area contributed by atoms with Gasteiger partial charge in [-0.25, -0.2) is 4.98 Å². The second-order valence-corrected chi connectivity index (χ2v) is 9.08. The summed E-state index contributed by atoms with van der Waals surface area (Å²) in [6.45, 7) is 5.30. The molecule has 4 heterocycles. The van der Waals surface area contributed by atoms with Crippen LogP contribution in [0, 0.1) is 17.8 Å². The van der Waals surface area contributed by atoms with Crippen LogP contribution in [0.15, 0.2) is 18.3 Å². The maximum Gasteiger partial charge on any atom is 0.142 e.